The summed E-state index contributed by atoms with van der Waals surface area (Å²) < 4.78 is 47.2. The van der Waals surface area contributed by atoms with Crippen molar-refractivity contribution in [2.24, 2.45) is 0 Å². The molecule has 1 fully saturated rings. The maximum absolute atomic E-state index is 13.5. The Bertz CT molecular complexity index is 1490. The SMILES string of the molecule is O=C1CCN(C(O)c2cccc(-c3ccc(OCc4cc(C(F)(F)F)nn4-c4c(Cl)cccc4Cl)cc3)c2)CC1. The van der Waals surface area contributed by atoms with Crippen LogP contribution in [0.4, 0.5) is 13.2 Å². The minimum Gasteiger partial charge on any atom is -0.487 e. The van der Waals surface area contributed by atoms with Gasteiger partial charge < -0.3 is 9.84 Å². The second-order valence-electron chi connectivity index (χ2n) is 9.39. The van der Waals surface area contributed by atoms with E-state index >= 15 is 0 Å². The monoisotopic (exact) mass is 589 g/mol. The molecule has 4 aromatic rings. The van der Waals surface area contributed by atoms with Crippen molar-refractivity contribution in [2.75, 3.05) is 13.1 Å². The summed E-state index contributed by atoms with van der Waals surface area (Å²) in [4.78, 5) is 13.4. The fourth-order valence-electron chi connectivity index (χ4n) is 4.55. The van der Waals surface area contributed by atoms with Gasteiger partial charge in [0.2, 0.25) is 0 Å². The number of hydrogen-bond acceptors (Lipinski definition) is 5. The topological polar surface area (TPSA) is 67.6 Å². The lowest BCUT2D eigenvalue weighted by atomic mass is 10.0. The summed E-state index contributed by atoms with van der Waals surface area (Å²) in [6.45, 7) is 0.814. The van der Waals surface area contributed by atoms with Crippen LogP contribution in [-0.4, -0.2) is 38.7 Å². The van der Waals surface area contributed by atoms with Gasteiger partial charge in [-0.1, -0.05) is 59.6 Å². The predicted octanol–water partition coefficient (Wildman–Crippen LogP) is 7.10. The lowest BCUT2D eigenvalue weighted by molar-refractivity contribution is -0.141. The van der Waals surface area contributed by atoms with E-state index in [9.17, 15) is 23.1 Å². The number of likely N-dealkylation sites (tertiary alicyclic amines) is 1. The number of carbonyl (C=O) groups is 1. The molecule has 1 unspecified atom stereocenters. The third-order valence-electron chi connectivity index (χ3n) is 6.68. The lowest BCUT2D eigenvalue weighted by Gasteiger charge is -2.30. The minimum absolute atomic E-state index is 0.118. The van der Waals surface area contributed by atoms with Crippen molar-refractivity contribution in [3.63, 3.8) is 0 Å². The van der Waals surface area contributed by atoms with Crippen molar-refractivity contribution in [3.8, 4) is 22.6 Å². The van der Waals surface area contributed by atoms with Crippen LogP contribution in [-0.2, 0) is 17.6 Å². The van der Waals surface area contributed by atoms with E-state index in [1.807, 2.05) is 41.3 Å². The number of aliphatic hydroxyl groups excluding tert-OH is 1. The third kappa shape index (κ3) is 6.18. The number of nitrogens with zero attached hydrogens (tertiary/aromatic N) is 3. The van der Waals surface area contributed by atoms with Gasteiger partial charge in [-0.25, -0.2) is 4.68 Å². The molecule has 0 spiro atoms. The number of ketones is 1. The van der Waals surface area contributed by atoms with Gasteiger partial charge in [0, 0.05) is 25.9 Å². The zero-order valence-corrected chi connectivity index (χ0v) is 22.5. The first-order chi connectivity index (χ1) is 19.1. The number of Topliss-reactive ketones (excluding diaryl/α,β-unsaturated/α-hetero) is 1. The smallest absolute Gasteiger partial charge is 0.435 e. The summed E-state index contributed by atoms with van der Waals surface area (Å²) in [5, 5.41) is 14.8. The van der Waals surface area contributed by atoms with Gasteiger partial charge in [-0.05, 0) is 53.1 Å². The molecule has 11 heteroatoms. The molecular weight excluding hydrogens is 566 g/mol. The van der Waals surface area contributed by atoms with Crippen LogP contribution in [0.25, 0.3) is 16.8 Å². The van der Waals surface area contributed by atoms with E-state index in [1.54, 1.807) is 18.2 Å². The van der Waals surface area contributed by atoms with Crippen LogP contribution in [0.2, 0.25) is 10.0 Å². The van der Waals surface area contributed by atoms with Gasteiger partial charge >= 0.3 is 6.18 Å². The normalized spacial score (nSPS) is 15.3. The second-order valence-corrected chi connectivity index (χ2v) is 10.2. The maximum Gasteiger partial charge on any atom is 0.435 e. The van der Waals surface area contributed by atoms with Gasteiger partial charge in [-0.3, -0.25) is 9.69 Å². The molecule has 1 atom stereocenters. The van der Waals surface area contributed by atoms with E-state index in [-0.39, 0.29) is 33.8 Å². The van der Waals surface area contributed by atoms with Crippen molar-refractivity contribution >= 4 is 29.0 Å². The molecule has 1 N–H and O–H groups in total. The van der Waals surface area contributed by atoms with E-state index in [0.717, 1.165) is 27.4 Å². The molecule has 0 saturated carbocycles. The van der Waals surface area contributed by atoms with Crippen LogP contribution in [0.3, 0.4) is 0 Å². The number of aromatic nitrogens is 2. The summed E-state index contributed by atoms with van der Waals surface area (Å²) in [5.41, 5.74) is 1.62. The Morgan fingerprint density at radius 3 is 2.23 bits per heavy atom. The van der Waals surface area contributed by atoms with Crippen molar-refractivity contribution in [1.82, 2.24) is 14.7 Å². The number of rotatable bonds is 7. The fraction of sp³-hybridized carbons (Fsp3) is 0.241. The van der Waals surface area contributed by atoms with Crippen LogP contribution < -0.4 is 4.74 Å². The highest BCUT2D eigenvalue weighted by atomic mass is 35.5. The quantitative estimate of drug-likeness (QED) is 0.249. The molecular formula is C29H24Cl2F3N3O3. The Balaban J connectivity index is 1.33. The Hall–Kier alpha value is -3.37. The predicted molar refractivity (Wildman–Crippen MR) is 146 cm³/mol. The van der Waals surface area contributed by atoms with E-state index in [4.69, 9.17) is 27.9 Å². The molecule has 1 aliphatic heterocycles. The number of piperidine rings is 1. The summed E-state index contributed by atoms with van der Waals surface area (Å²) in [7, 11) is 0. The molecule has 0 amide bonds. The molecule has 0 bridgehead atoms. The molecule has 6 nitrogen and oxygen atoms in total. The molecule has 2 heterocycles. The van der Waals surface area contributed by atoms with Crippen LogP contribution in [0.1, 0.15) is 36.0 Å². The number of halogens is 5. The minimum atomic E-state index is -4.66. The molecule has 208 valence electrons. The highest BCUT2D eigenvalue weighted by molar-refractivity contribution is 6.37. The number of aliphatic hydroxyl groups is 1. The van der Waals surface area contributed by atoms with Crippen molar-refractivity contribution in [1.29, 1.82) is 0 Å². The standard InChI is InChI=1S/C29H24Cl2F3N3O3/c30-24-5-2-6-25(31)27(24)37-21(16-26(35-37)29(32,33)34)17-40-23-9-7-18(8-10-23)19-3-1-4-20(15-19)28(39)36-13-11-22(38)12-14-36/h1-10,15-16,28,39H,11-14,17H2. The average molecular weight is 590 g/mol. The van der Waals surface area contributed by atoms with Gasteiger partial charge in [-0.15, -0.1) is 0 Å². The Labute approximate surface area is 238 Å². The second kappa shape index (κ2) is 11.6. The van der Waals surface area contributed by atoms with Gasteiger partial charge in [0.1, 0.15) is 30.1 Å². The summed E-state index contributed by atoms with van der Waals surface area (Å²) in [6, 6.07) is 20.1. The van der Waals surface area contributed by atoms with E-state index < -0.39 is 18.1 Å². The third-order valence-corrected chi connectivity index (χ3v) is 7.29. The van der Waals surface area contributed by atoms with E-state index in [2.05, 4.69) is 5.10 Å². The number of para-hydroxylation sites is 1. The number of hydrogen-bond donors (Lipinski definition) is 1. The molecule has 1 saturated heterocycles. The number of benzene rings is 3. The highest BCUT2D eigenvalue weighted by Gasteiger charge is 2.35. The number of carbonyl (C=O) groups excluding carboxylic acids is 1. The van der Waals surface area contributed by atoms with Crippen LogP contribution in [0.15, 0.2) is 72.8 Å². The van der Waals surface area contributed by atoms with Gasteiger partial charge in [0.25, 0.3) is 0 Å². The summed E-state index contributed by atoms with van der Waals surface area (Å²) >= 11 is 12.5. The molecule has 5 rings (SSSR count). The first-order valence-electron chi connectivity index (χ1n) is 12.5. The van der Waals surface area contributed by atoms with Crippen molar-refractivity contribution < 1.29 is 27.8 Å². The Morgan fingerprint density at radius 2 is 1.57 bits per heavy atom. The Morgan fingerprint density at radius 1 is 0.925 bits per heavy atom. The first-order valence-corrected chi connectivity index (χ1v) is 13.2. The number of alkyl halides is 3. The highest BCUT2D eigenvalue weighted by Crippen LogP contribution is 2.34. The molecule has 0 aliphatic carbocycles. The maximum atomic E-state index is 13.5. The molecule has 40 heavy (non-hydrogen) atoms. The Kier molecular flexibility index (Phi) is 8.19. The zero-order chi connectivity index (χ0) is 28.4. The molecule has 3 aromatic carbocycles. The molecule has 0 radical (unpaired) electrons. The first kappa shape index (κ1) is 28.2. The van der Waals surface area contributed by atoms with Crippen LogP contribution in [0, 0.1) is 0 Å². The molecule has 1 aliphatic rings. The number of ether oxygens (including phenoxy) is 1. The average Bonchev–Trinajstić information content (AvgIpc) is 3.37. The van der Waals surface area contributed by atoms with Gasteiger partial charge in [0.15, 0.2) is 5.69 Å². The van der Waals surface area contributed by atoms with Gasteiger partial charge in [-0.2, -0.15) is 18.3 Å². The van der Waals surface area contributed by atoms with E-state index in [1.165, 1.54) is 12.1 Å². The molecule has 1 aromatic heterocycles. The van der Waals surface area contributed by atoms with Crippen molar-refractivity contribution in [3.05, 3.63) is 99.8 Å². The van der Waals surface area contributed by atoms with Crippen LogP contribution in [0.5, 0.6) is 5.75 Å². The van der Waals surface area contributed by atoms with E-state index in [0.29, 0.717) is 31.7 Å². The summed E-state index contributed by atoms with van der Waals surface area (Å²) in [6.07, 6.45) is -4.61. The van der Waals surface area contributed by atoms with Crippen molar-refractivity contribution in [2.45, 2.75) is 31.9 Å². The fourth-order valence-corrected chi connectivity index (χ4v) is 5.11. The zero-order valence-electron chi connectivity index (χ0n) is 21.0. The van der Waals surface area contributed by atoms with Crippen LogP contribution >= 0.6 is 23.2 Å². The largest absolute Gasteiger partial charge is 0.487 e. The summed E-state index contributed by atoms with van der Waals surface area (Å²) in [5.74, 6) is 0.641. The lowest BCUT2D eigenvalue weighted by Crippen LogP contribution is -2.36. The van der Waals surface area contributed by atoms with Gasteiger partial charge in [0.05, 0.1) is 15.7 Å².